The van der Waals surface area contributed by atoms with Gasteiger partial charge in [-0.1, -0.05) is 47.1 Å². The van der Waals surface area contributed by atoms with Crippen LogP contribution >= 0.6 is 38.5 Å². The number of hydrogen-bond acceptors (Lipinski definition) is 1. The van der Waals surface area contributed by atoms with Gasteiger partial charge in [0.1, 0.15) is 0 Å². The minimum atomic E-state index is 0.414. The minimum absolute atomic E-state index is 0.414. The molecule has 2 unspecified atom stereocenters. The van der Waals surface area contributed by atoms with E-state index in [1.54, 1.807) is 5.56 Å². The van der Waals surface area contributed by atoms with Gasteiger partial charge in [0.2, 0.25) is 0 Å². The summed E-state index contributed by atoms with van der Waals surface area (Å²) in [6, 6.07) is 15.9. The Hall–Kier alpha value is -0.390. The standard InChI is InChI=1S/C18H19BrIN/c1-2-21-18(16-11-14(20)7-8-17(16)19)10-13-9-12-5-3-4-6-15(12)13/h3-8,11,13,18,21H,2,9-10H2,1H3. The highest BCUT2D eigenvalue weighted by atomic mass is 127. The summed E-state index contributed by atoms with van der Waals surface area (Å²) in [5.41, 5.74) is 4.45. The second kappa shape index (κ2) is 6.80. The van der Waals surface area contributed by atoms with Crippen molar-refractivity contribution >= 4 is 38.5 Å². The zero-order chi connectivity index (χ0) is 14.8. The molecule has 1 aliphatic rings. The quantitative estimate of drug-likeness (QED) is 0.592. The molecule has 0 heterocycles. The molecule has 0 spiro atoms. The Balaban J connectivity index is 1.81. The third kappa shape index (κ3) is 3.35. The summed E-state index contributed by atoms with van der Waals surface area (Å²) >= 11 is 6.11. The normalized spacial score (nSPS) is 18.0. The monoisotopic (exact) mass is 455 g/mol. The zero-order valence-electron chi connectivity index (χ0n) is 12.1. The van der Waals surface area contributed by atoms with E-state index in [1.165, 1.54) is 32.0 Å². The molecule has 3 heteroatoms. The fourth-order valence-corrected chi connectivity index (χ4v) is 4.24. The van der Waals surface area contributed by atoms with Gasteiger partial charge in [-0.15, -0.1) is 0 Å². The first kappa shape index (κ1) is 15.5. The number of halogens is 2. The predicted molar refractivity (Wildman–Crippen MR) is 101 cm³/mol. The Morgan fingerprint density at radius 1 is 1.29 bits per heavy atom. The molecule has 1 N–H and O–H groups in total. The largest absolute Gasteiger partial charge is 0.310 e. The van der Waals surface area contributed by atoms with Gasteiger partial charge in [-0.3, -0.25) is 0 Å². The van der Waals surface area contributed by atoms with E-state index in [-0.39, 0.29) is 0 Å². The topological polar surface area (TPSA) is 12.0 Å². The lowest BCUT2D eigenvalue weighted by molar-refractivity contribution is 0.434. The van der Waals surface area contributed by atoms with E-state index in [9.17, 15) is 0 Å². The van der Waals surface area contributed by atoms with Crippen LogP contribution in [0, 0.1) is 3.57 Å². The molecule has 2 aromatic carbocycles. The highest BCUT2D eigenvalue weighted by Crippen LogP contribution is 2.41. The number of benzene rings is 2. The van der Waals surface area contributed by atoms with E-state index in [1.807, 2.05) is 0 Å². The van der Waals surface area contributed by atoms with Crippen LogP contribution in [-0.4, -0.2) is 6.54 Å². The van der Waals surface area contributed by atoms with Crippen molar-refractivity contribution in [2.75, 3.05) is 6.54 Å². The van der Waals surface area contributed by atoms with Crippen molar-refractivity contribution < 1.29 is 0 Å². The molecule has 0 aliphatic heterocycles. The van der Waals surface area contributed by atoms with Crippen molar-refractivity contribution in [2.24, 2.45) is 0 Å². The first-order chi connectivity index (χ1) is 10.2. The maximum absolute atomic E-state index is 3.72. The maximum Gasteiger partial charge on any atom is 0.0337 e. The molecule has 1 aliphatic carbocycles. The Kier molecular flexibility index (Phi) is 5.02. The van der Waals surface area contributed by atoms with E-state index in [4.69, 9.17) is 0 Å². The van der Waals surface area contributed by atoms with Crippen LogP contribution in [0.25, 0.3) is 0 Å². The van der Waals surface area contributed by atoms with Crippen molar-refractivity contribution in [3.05, 3.63) is 67.2 Å². The first-order valence-electron chi connectivity index (χ1n) is 7.45. The third-order valence-corrected chi connectivity index (χ3v) is 5.66. The number of fused-ring (bicyclic) bond motifs is 1. The summed E-state index contributed by atoms with van der Waals surface area (Å²) in [7, 11) is 0. The van der Waals surface area contributed by atoms with Gasteiger partial charge in [0.15, 0.2) is 0 Å². The number of hydrogen-bond donors (Lipinski definition) is 1. The van der Waals surface area contributed by atoms with Gasteiger partial charge in [0.05, 0.1) is 0 Å². The molecular formula is C18H19BrIN. The van der Waals surface area contributed by atoms with Crippen LogP contribution in [0.15, 0.2) is 46.9 Å². The van der Waals surface area contributed by atoms with Crippen LogP contribution in [0.5, 0.6) is 0 Å². The second-order valence-corrected chi connectivity index (χ2v) is 7.71. The van der Waals surface area contributed by atoms with Crippen molar-refractivity contribution in [1.29, 1.82) is 0 Å². The molecule has 21 heavy (non-hydrogen) atoms. The summed E-state index contributed by atoms with van der Waals surface area (Å²) in [4.78, 5) is 0. The van der Waals surface area contributed by atoms with Gasteiger partial charge < -0.3 is 5.32 Å². The van der Waals surface area contributed by atoms with E-state index in [2.05, 4.69) is 93.2 Å². The van der Waals surface area contributed by atoms with Crippen LogP contribution in [0.1, 0.15) is 42.0 Å². The van der Waals surface area contributed by atoms with Gasteiger partial charge >= 0.3 is 0 Å². The van der Waals surface area contributed by atoms with E-state index in [0.29, 0.717) is 12.0 Å². The van der Waals surface area contributed by atoms with Crippen molar-refractivity contribution in [1.82, 2.24) is 5.32 Å². The number of rotatable bonds is 5. The lowest BCUT2D eigenvalue weighted by Gasteiger charge is -2.34. The molecule has 0 bridgehead atoms. The summed E-state index contributed by atoms with van der Waals surface area (Å²) in [5.74, 6) is 0.690. The summed E-state index contributed by atoms with van der Waals surface area (Å²) in [5, 5.41) is 3.66. The first-order valence-corrected chi connectivity index (χ1v) is 9.32. The Labute approximate surface area is 148 Å². The highest BCUT2D eigenvalue weighted by molar-refractivity contribution is 14.1. The molecular weight excluding hydrogens is 437 g/mol. The van der Waals surface area contributed by atoms with E-state index in [0.717, 1.165) is 6.54 Å². The van der Waals surface area contributed by atoms with Gasteiger partial charge in [-0.05, 0) is 82.8 Å². The van der Waals surface area contributed by atoms with Crippen LogP contribution in [0.3, 0.4) is 0 Å². The lowest BCUT2D eigenvalue weighted by atomic mass is 9.74. The molecule has 0 amide bonds. The molecule has 0 aromatic heterocycles. The van der Waals surface area contributed by atoms with Gasteiger partial charge in [-0.2, -0.15) is 0 Å². The van der Waals surface area contributed by atoms with Crippen molar-refractivity contribution in [3.63, 3.8) is 0 Å². The molecule has 0 saturated carbocycles. The van der Waals surface area contributed by atoms with Crippen LogP contribution in [0.2, 0.25) is 0 Å². The molecule has 110 valence electrons. The fourth-order valence-electron chi connectivity index (χ4n) is 3.21. The lowest BCUT2D eigenvalue weighted by Crippen LogP contribution is -2.27. The smallest absolute Gasteiger partial charge is 0.0337 e. The predicted octanol–water partition coefficient (Wildman–Crippen LogP) is 5.43. The van der Waals surface area contributed by atoms with Gasteiger partial charge in [-0.25, -0.2) is 0 Å². The van der Waals surface area contributed by atoms with E-state index >= 15 is 0 Å². The van der Waals surface area contributed by atoms with Crippen molar-refractivity contribution in [3.8, 4) is 0 Å². The Morgan fingerprint density at radius 3 is 2.86 bits per heavy atom. The zero-order valence-corrected chi connectivity index (χ0v) is 15.8. The molecule has 2 atom stereocenters. The summed E-state index contributed by atoms with van der Waals surface area (Å²) in [6.45, 7) is 3.18. The summed E-state index contributed by atoms with van der Waals surface area (Å²) < 4.78 is 2.50. The Morgan fingerprint density at radius 2 is 2.10 bits per heavy atom. The van der Waals surface area contributed by atoms with Gasteiger partial charge in [0.25, 0.3) is 0 Å². The van der Waals surface area contributed by atoms with E-state index < -0.39 is 0 Å². The van der Waals surface area contributed by atoms with Crippen LogP contribution in [0.4, 0.5) is 0 Å². The highest BCUT2D eigenvalue weighted by Gasteiger charge is 2.29. The molecule has 0 saturated heterocycles. The second-order valence-electron chi connectivity index (χ2n) is 5.61. The Bertz CT molecular complexity index is 641. The average molecular weight is 456 g/mol. The van der Waals surface area contributed by atoms with Crippen molar-refractivity contribution in [2.45, 2.75) is 31.7 Å². The SMILES string of the molecule is CCNC(CC1Cc2ccccc21)c1cc(I)ccc1Br. The molecule has 1 nitrogen and oxygen atoms in total. The summed E-state index contributed by atoms with van der Waals surface area (Å²) in [6.07, 6.45) is 2.39. The third-order valence-electron chi connectivity index (χ3n) is 4.27. The molecule has 2 aromatic rings. The van der Waals surface area contributed by atoms with Crippen LogP contribution < -0.4 is 5.32 Å². The molecule has 3 rings (SSSR count). The molecule has 0 radical (unpaired) electrons. The fraction of sp³-hybridized carbons (Fsp3) is 0.333. The minimum Gasteiger partial charge on any atom is -0.310 e. The number of nitrogens with one attached hydrogen (secondary N) is 1. The molecule has 0 fully saturated rings. The maximum atomic E-state index is 3.72. The van der Waals surface area contributed by atoms with Gasteiger partial charge in [0, 0.05) is 14.1 Å². The van der Waals surface area contributed by atoms with Crippen LogP contribution in [-0.2, 0) is 6.42 Å². The average Bonchev–Trinajstić information content (AvgIpc) is 2.46.